The van der Waals surface area contributed by atoms with Crippen molar-refractivity contribution in [3.05, 3.63) is 83.7 Å². The van der Waals surface area contributed by atoms with E-state index in [1.807, 2.05) is 42.5 Å². The summed E-state index contributed by atoms with van der Waals surface area (Å²) in [4.78, 5) is 20.8. The molecule has 2 N–H and O–H groups in total. The first-order chi connectivity index (χ1) is 13.6. The summed E-state index contributed by atoms with van der Waals surface area (Å²) >= 11 is 0. The highest BCUT2D eigenvalue weighted by Crippen LogP contribution is 2.17. The Morgan fingerprint density at radius 2 is 1.64 bits per heavy atom. The summed E-state index contributed by atoms with van der Waals surface area (Å²) in [5, 5.41) is 6.07. The lowest BCUT2D eigenvalue weighted by Gasteiger charge is -2.09. The first-order valence-electron chi connectivity index (χ1n) is 9.63. The van der Waals surface area contributed by atoms with Crippen molar-refractivity contribution in [2.24, 2.45) is 0 Å². The van der Waals surface area contributed by atoms with Gasteiger partial charge in [0.2, 0.25) is 5.95 Å². The van der Waals surface area contributed by atoms with E-state index in [-0.39, 0.29) is 5.91 Å². The van der Waals surface area contributed by atoms with Crippen LogP contribution in [0.2, 0.25) is 0 Å². The molecule has 1 heterocycles. The van der Waals surface area contributed by atoms with Crippen molar-refractivity contribution in [3.63, 3.8) is 0 Å². The average Bonchev–Trinajstić information content (AvgIpc) is 2.73. The molecular weight excluding hydrogens is 348 g/mol. The topological polar surface area (TPSA) is 66.9 Å². The molecule has 0 spiro atoms. The smallest absolute Gasteiger partial charge is 0.258 e. The Morgan fingerprint density at radius 1 is 0.964 bits per heavy atom. The predicted molar refractivity (Wildman–Crippen MR) is 114 cm³/mol. The third-order valence-corrected chi connectivity index (χ3v) is 4.52. The van der Waals surface area contributed by atoms with E-state index in [0.29, 0.717) is 17.4 Å². The number of carbonyl (C=O) groups is 1. The van der Waals surface area contributed by atoms with Gasteiger partial charge < -0.3 is 10.6 Å². The number of nitrogens with zero attached hydrogens (tertiary/aromatic N) is 2. The molecule has 1 aromatic heterocycles. The summed E-state index contributed by atoms with van der Waals surface area (Å²) in [5.41, 5.74) is 3.75. The lowest BCUT2D eigenvalue weighted by atomic mass is 10.0. The summed E-state index contributed by atoms with van der Waals surface area (Å²) in [5.74, 6) is 0.782. The molecule has 0 saturated carbocycles. The first kappa shape index (κ1) is 19.5. The maximum Gasteiger partial charge on any atom is 0.258 e. The maximum atomic E-state index is 12.3. The van der Waals surface area contributed by atoms with Crippen molar-refractivity contribution in [3.8, 4) is 0 Å². The summed E-state index contributed by atoms with van der Waals surface area (Å²) in [6.45, 7) is 5.06. The lowest BCUT2D eigenvalue weighted by Crippen LogP contribution is -2.14. The van der Waals surface area contributed by atoms with E-state index in [1.165, 1.54) is 11.1 Å². The van der Waals surface area contributed by atoms with Crippen LogP contribution in [0.4, 0.5) is 11.6 Å². The minimum absolute atomic E-state index is 0.215. The van der Waals surface area contributed by atoms with Crippen molar-refractivity contribution >= 4 is 17.5 Å². The summed E-state index contributed by atoms with van der Waals surface area (Å²) in [6, 6.07) is 18.3. The van der Waals surface area contributed by atoms with Crippen LogP contribution in [0.15, 0.2) is 67.0 Å². The number of aryl methyl sites for hydroxylation is 1. The third-order valence-electron chi connectivity index (χ3n) is 4.52. The number of carbonyl (C=O) groups excluding carboxylic acids is 1. The van der Waals surface area contributed by atoms with Gasteiger partial charge in [-0.3, -0.25) is 4.79 Å². The molecule has 0 saturated heterocycles. The van der Waals surface area contributed by atoms with Crippen LogP contribution in [0, 0.1) is 0 Å². The summed E-state index contributed by atoms with van der Waals surface area (Å²) in [7, 11) is 0. The second-order valence-electron chi connectivity index (χ2n) is 7.04. The van der Waals surface area contributed by atoms with Crippen molar-refractivity contribution in [2.75, 3.05) is 17.2 Å². The molecule has 2 aromatic carbocycles. The van der Waals surface area contributed by atoms with E-state index < -0.39 is 0 Å². The van der Waals surface area contributed by atoms with E-state index in [1.54, 1.807) is 12.4 Å². The maximum absolute atomic E-state index is 12.3. The Balaban J connectivity index is 1.47. The Kier molecular flexibility index (Phi) is 6.73. The van der Waals surface area contributed by atoms with Gasteiger partial charge in [-0.15, -0.1) is 0 Å². The quantitative estimate of drug-likeness (QED) is 0.551. The molecule has 5 nitrogen and oxygen atoms in total. The van der Waals surface area contributed by atoms with Crippen molar-refractivity contribution in [1.29, 1.82) is 0 Å². The summed E-state index contributed by atoms with van der Waals surface area (Å²) in [6.07, 6.45) is 5.08. The molecule has 0 atom stereocenters. The Bertz CT molecular complexity index is 875. The monoisotopic (exact) mass is 374 g/mol. The first-order valence-corrected chi connectivity index (χ1v) is 9.63. The number of nitrogens with one attached hydrogen (secondary N) is 2. The van der Waals surface area contributed by atoms with Gasteiger partial charge in [-0.05, 0) is 42.0 Å². The fraction of sp³-hybridized carbons (Fsp3) is 0.261. The zero-order valence-electron chi connectivity index (χ0n) is 16.4. The van der Waals surface area contributed by atoms with E-state index in [2.05, 4.69) is 46.6 Å². The zero-order chi connectivity index (χ0) is 19.8. The van der Waals surface area contributed by atoms with Gasteiger partial charge in [-0.2, -0.15) is 0 Å². The Morgan fingerprint density at radius 3 is 2.29 bits per heavy atom. The van der Waals surface area contributed by atoms with Crippen molar-refractivity contribution in [2.45, 2.75) is 32.6 Å². The fourth-order valence-corrected chi connectivity index (χ4v) is 2.83. The number of rotatable bonds is 8. The van der Waals surface area contributed by atoms with E-state index >= 15 is 0 Å². The van der Waals surface area contributed by atoms with E-state index in [4.69, 9.17) is 0 Å². The number of hydrogen-bond donors (Lipinski definition) is 2. The molecule has 1 amide bonds. The van der Waals surface area contributed by atoms with Crippen LogP contribution in [-0.4, -0.2) is 22.4 Å². The molecular formula is C23H26N4O. The van der Waals surface area contributed by atoms with Crippen LogP contribution in [-0.2, 0) is 6.42 Å². The number of anilines is 2. The van der Waals surface area contributed by atoms with Crippen LogP contribution in [0.3, 0.4) is 0 Å². The highest BCUT2D eigenvalue weighted by molar-refractivity contribution is 6.03. The Hall–Kier alpha value is -3.21. The number of aromatic nitrogens is 2. The fourth-order valence-electron chi connectivity index (χ4n) is 2.83. The van der Waals surface area contributed by atoms with E-state index in [0.717, 1.165) is 25.1 Å². The highest BCUT2D eigenvalue weighted by atomic mass is 16.1. The SMILES string of the molecule is CC(C)c1ccc(NC(=O)c2cnc(NCCCc3ccccc3)nc2)cc1. The minimum atomic E-state index is -0.215. The largest absolute Gasteiger partial charge is 0.354 e. The average molecular weight is 374 g/mol. The van der Waals surface area contributed by atoms with Crippen molar-refractivity contribution in [1.82, 2.24) is 9.97 Å². The predicted octanol–water partition coefficient (Wildman–Crippen LogP) is 4.90. The second-order valence-corrected chi connectivity index (χ2v) is 7.04. The molecule has 144 valence electrons. The van der Waals surface area contributed by atoms with Crippen LogP contribution < -0.4 is 10.6 Å². The molecule has 5 heteroatoms. The molecule has 0 radical (unpaired) electrons. The van der Waals surface area contributed by atoms with Gasteiger partial charge in [0.25, 0.3) is 5.91 Å². The molecule has 3 rings (SSSR count). The molecule has 28 heavy (non-hydrogen) atoms. The van der Waals surface area contributed by atoms with Crippen LogP contribution in [0.1, 0.15) is 47.7 Å². The van der Waals surface area contributed by atoms with E-state index in [9.17, 15) is 4.79 Å². The van der Waals surface area contributed by atoms with Gasteiger partial charge in [0.1, 0.15) is 0 Å². The van der Waals surface area contributed by atoms with Gasteiger partial charge >= 0.3 is 0 Å². The summed E-state index contributed by atoms with van der Waals surface area (Å²) < 4.78 is 0. The molecule has 3 aromatic rings. The molecule has 0 fully saturated rings. The number of hydrogen-bond acceptors (Lipinski definition) is 4. The Labute approximate surface area is 166 Å². The second kappa shape index (κ2) is 9.65. The molecule has 0 aliphatic heterocycles. The number of benzene rings is 2. The third kappa shape index (κ3) is 5.64. The van der Waals surface area contributed by atoms with Gasteiger partial charge in [0.15, 0.2) is 0 Å². The zero-order valence-corrected chi connectivity index (χ0v) is 16.4. The van der Waals surface area contributed by atoms with Crippen molar-refractivity contribution < 1.29 is 4.79 Å². The van der Waals surface area contributed by atoms with Gasteiger partial charge in [-0.1, -0.05) is 56.3 Å². The highest BCUT2D eigenvalue weighted by Gasteiger charge is 2.08. The van der Waals surface area contributed by atoms with Crippen LogP contribution >= 0.6 is 0 Å². The van der Waals surface area contributed by atoms with Gasteiger partial charge in [-0.25, -0.2) is 9.97 Å². The standard InChI is InChI=1S/C23H26N4O/c1-17(2)19-10-12-21(13-11-19)27-22(28)20-15-25-23(26-16-20)24-14-6-9-18-7-4-3-5-8-18/h3-5,7-8,10-13,15-17H,6,9,14H2,1-2H3,(H,27,28)(H,24,25,26). The molecule has 0 bridgehead atoms. The van der Waals surface area contributed by atoms with Gasteiger partial charge in [0.05, 0.1) is 5.56 Å². The van der Waals surface area contributed by atoms with Crippen LogP contribution in [0.5, 0.6) is 0 Å². The van der Waals surface area contributed by atoms with Gasteiger partial charge in [0, 0.05) is 24.6 Å². The molecule has 0 aliphatic rings. The van der Waals surface area contributed by atoms with Crippen LogP contribution in [0.25, 0.3) is 0 Å². The lowest BCUT2D eigenvalue weighted by molar-refractivity contribution is 0.102. The normalized spacial score (nSPS) is 10.7. The molecule has 0 aliphatic carbocycles. The minimum Gasteiger partial charge on any atom is -0.354 e. The molecule has 0 unspecified atom stereocenters. The number of amides is 1.